The monoisotopic (exact) mass is 198 g/mol. The third kappa shape index (κ3) is 3.62. The Morgan fingerprint density at radius 3 is 1.82 bits per heavy atom. The zero-order chi connectivity index (χ0) is 7.61. The van der Waals surface area contributed by atoms with E-state index < -0.39 is 8.87 Å². The number of benzene rings is 1. The molecule has 0 atom stereocenters. The molecule has 0 spiro atoms. The average molecular weight is 198 g/mol. The van der Waals surface area contributed by atoms with E-state index in [-0.39, 0.29) is 34.5 Å². The van der Waals surface area contributed by atoms with Gasteiger partial charge < -0.3 is 0 Å². The Bertz CT molecular complexity index is 307. The Labute approximate surface area is 93.0 Å². The zero-order valence-electron chi connectivity index (χ0n) is 5.06. The van der Waals surface area contributed by atoms with Gasteiger partial charge in [0.2, 0.25) is 8.87 Å². The average Bonchev–Trinajstić information content (AvgIpc) is 1.88. The van der Waals surface area contributed by atoms with E-state index in [0.717, 1.165) is 0 Å². The summed E-state index contributed by atoms with van der Waals surface area (Å²) in [7, 11) is -3.31. The summed E-state index contributed by atoms with van der Waals surface area (Å²) in [5.41, 5.74) is 0. The molecule has 11 heavy (non-hydrogen) atoms. The van der Waals surface area contributed by atoms with Crippen LogP contribution in [0.2, 0.25) is 0 Å². The van der Waals surface area contributed by atoms with Gasteiger partial charge in [-0.3, -0.25) is 0 Å². The number of rotatable bonds is 1. The summed E-state index contributed by atoms with van der Waals surface area (Å²) in [6, 6.07) is 8.07. The van der Waals surface area contributed by atoms with Crippen molar-refractivity contribution in [2.24, 2.45) is 0 Å². The normalized spacial score (nSPS) is 10.3. The minimum absolute atomic E-state index is 0. The van der Waals surface area contributed by atoms with Crippen LogP contribution in [0.15, 0.2) is 35.2 Å². The van der Waals surface area contributed by atoms with Crippen molar-refractivity contribution in [1.82, 2.24) is 0 Å². The quantitative estimate of drug-likeness (QED) is 0.408. The van der Waals surface area contributed by atoms with E-state index in [9.17, 15) is 8.42 Å². The number of thiol groups is 1. The van der Waals surface area contributed by atoms with Gasteiger partial charge >= 0.3 is 29.6 Å². The van der Waals surface area contributed by atoms with Crippen molar-refractivity contribution in [2.45, 2.75) is 4.90 Å². The molecule has 1 rings (SSSR count). The predicted molar refractivity (Wildman–Crippen MR) is 49.8 cm³/mol. The van der Waals surface area contributed by atoms with Crippen LogP contribution in [0.25, 0.3) is 0 Å². The molecule has 1 aromatic rings. The van der Waals surface area contributed by atoms with Gasteiger partial charge in [0.25, 0.3) is 0 Å². The van der Waals surface area contributed by atoms with Gasteiger partial charge in [0.15, 0.2) is 0 Å². The van der Waals surface area contributed by atoms with E-state index in [1.807, 2.05) is 0 Å². The summed E-state index contributed by atoms with van der Waals surface area (Å²) in [4.78, 5) is 0.235. The third-order valence-corrected chi connectivity index (χ3v) is 2.54. The molecule has 0 saturated carbocycles. The van der Waals surface area contributed by atoms with Crippen molar-refractivity contribution < 1.29 is 8.42 Å². The predicted octanol–water partition coefficient (Wildman–Crippen LogP) is 0.657. The van der Waals surface area contributed by atoms with Gasteiger partial charge in [-0.05, 0) is 23.8 Å². The van der Waals surface area contributed by atoms with Gasteiger partial charge in [-0.25, -0.2) is 8.42 Å². The van der Waals surface area contributed by atoms with Crippen molar-refractivity contribution in [3.05, 3.63) is 30.3 Å². The summed E-state index contributed by atoms with van der Waals surface area (Å²) in [5, 5.41) is 0. The SMILES string of the molecule is O=S(=O)(S)c1ccccc1.[NaH]. The Morgan fingerprint density at radius 1 is 1.09 bits per heavy atom. The second kappa shape index (κ2) is 4.52. The molecule has 0 aromatic heterocycles. The van der Waals surface area contributed by atoms with Gasteiger partial charge in [-0.2, -0.15) is 0 Å². The first-order chi connectivity index (χ1) is 4.61. The van der Waals surface area contributed by atoms with E-state index in [1.165, 1.54) is 12.1 Å². The van der Waals surface area contributed by atoms with E-state index in [1.54, 1.807) is 18.2 Å². The molecule has 0 N–H and O–H groups in total. The Hall–Kier alpha value is 0.520. The first-order valence-electron chi connectivity index (χ1n) is 2.63. The summed E-state index contributed by atoms with van der Waals surface area (Å²) in [6.45, 7) is 0. The minimum atomic E-state index is -3.31. The Morgan fingerprint density at radius 2 is 1.55 bits per heavy atom. The molecular weight excluding hydrogens is 191 g/mol. The molecule has 1 aromatic carbocycles. The standard InChI is InChI=1S/C6H6O2S2.Na.H/c7-10(8,9)6-4-2-1-3-5-6;;/h1-5H,(H,7,8,9);;. The second-order valence-corrected chi connectivity index (χ2v) is 4.65. The van der Waals surface area contributed by atoms with Crippen LogP contribution in [0, 0.1) is 0 Å². The van der Waals surface area contributed by atoms with Gasteiger partial charge in [0.05, 0.1) is 4.90 Å². The molecule has 0 amide bonds. The first-order valence-corrected chi connectivity index (χ1v) is 5.17. The van der Waals surface area contributed by atoms with Crippen molar-refractivity contribution in [3.63, 3.8) is 0 Å². The number of hydrogen-bond donors (Lipinski definition) is 1. The topological polar surface area (TPSA) is 34.1 Å². The first kappa shape index (κ1) is 11.5. The van der Waals surface area contributed by atoms with Gasteiger partial charge in [0, 0.05) is 0 Å². The number of hydrogen-bond acceptors (Lipinski definition) is 2. The Kier molecular flexibility index (Phi) is 4.74. The molecule has 0 fully saturated rings. The van der Waals surface area contributed by atoms with Gasteiger partial charge in [0.1, 0.15) is 0 Å². The molecule has 0 unspecified atom stereocenters. The maximum absolute atomic E-state index is 10.7. The molecule has 0 aliphatic heterocycles. The van der Waals surface area contributed by atoms with Crippen LogP contribution in [-0.2, 0) is 8.87 Å². The fraction of sp³-hybridized carbons (Fsp3) is 0. The Balaban J connectivity index is 0.000001000. The molecule has 0 saturated heterocycles. The molecule has 0 aliphatic rings. The van der Waals surface area contributed by atoms with Crippen LogP contribution in [0.3, 0.4) is 0 Å². The van der Waals surface area contributed by atoms with Crippen LogP contribution < -0.4 is 0 Å². The fourth-order valence-electron chi connectivity index (χ4n) is 0.592. The van der Waals surface area contributed by atoms with Crippen LogP contribution in [0.5, 0.6) is 0 Å². The molecule has 0 radical (unpaired) electrons. The van der Waals surface area contributed by atoms with E-state index in [0.29, 0.717) is 0 Å². The fourth-order valence-corrected chi connectivity index (χ4v) is 1.46. The van der Waals surface area contributed by atoms with Crippen molar-refractivity contribution in [3.8, 4) is 0 Å². The van der Waals surface area contributed by atoms with Crippen LogP contribution in [0.4, 0.5) is 0 Å². The van der Waals surface area contributed by atoms with Crippen LogP contribution >= 0.6 is 11.7 Å². The van der Waals surface area contributed by atoms with Crippen molar-refractivity contribution in [1.29, 1.82) is 0 Å². The van der Waals surface area contributed by atoms with E-state index in [4.69, 9.17) is 0 Å². The summed E-state index contributed by atoms with van der Waals surface area (Å²) in [6.07, 6.45) is 0. The molecule has 0 heterocycles. The van der Waals surface area contributed by atoms with E-state index in [2.05, 4.69) is 11.7 Å². The summed E-state index contributed by atoms with van der Waals surface area (Å²) >= 11 is 3.42. The molecule has 5 heteroatoms. The molecule has 0 bridgehead atoms. The maximum atomic E-state index is 10.7. The van der Waals surface area contributed by atoms with Gasteiger partial charge in [-0.15, -0.1) is 0 Å². The molecular formula is C6H7NaO2S2. The second-order valence-electron chi connectivity index (χ2n) is 1.79. The zero-order valence-corrected chi connectivity index (χ0v) is 6.77. The van der Waals surface area contributed by atoms with Crippen molar-refractivity contribution in [2.75, 3.05) is 0 Å². The summed E-state index contributed by atoms with van der Waals surface area (Å²) < 4.78 is 21.4. The van der Waals surface area contributed by atoms with E-state index >= 15 is 0 Å². The molecule has 0 aliphatic carbocycles. The summed E-state index contributed by atoms with van der Waals surface area (Å²) in [5.74, 6) is 0. The third-order valence-electron chi connectivity index (χ3n) is 1.04. The molecule has 56 valence electrons. The molecule has 2 nitrogen and oxygen atoms in total. The van der Waals surface area contributed by atoms with Crippen molar-refractivity contribution >= 4 is 50.1 Å². The van der Waals surface area contributed by atoms with Crippen LogP contribution in [0.1, 0.15) is 0 Å². The van der Waals surface area contributed by atoms with Crippen LogP contribution in [-0.4, -0.2) is 38.0 Å². The van der Waals surface area contributed by atoms with Gasteiger partial charge in [-0.1, -0.05) is 18.2 Å².